The Labute approximate surface area is 162 Å². The molecule has 1 aromatic carbocycles. The van der Waals surface area contributed by atoms with Crippen molar-refractivity contribution in [3.05, 3.63) is 90.4 Å². The highest BCUT2D eigenvalue weighted by Gasteiger charge is 2.12. The van der Waals surface area contributed by atoms with Gasteiger partial charge in [-0.2, -0.15) is 0 Å². The van der Waals surface area contributed by atoms with Crippen molar-refractivity contribution in [3.63, 3.8) is 0 Å². The van der Waals surface area contributed by atoms with E-state index in [-0.39, 0.29) is 5.91 Å². The van der Waals surface area contributed by atoms with Crippen molar-refractivity contribution in [1.82, 2.24) is 24.5 Å². The zero-order valence-corrected chi connectivity index (χ0v) is 15.3. The standard InChI is InChI=1S/C21H18N6O/c1-15-22-10-11-27(15)14-16-6-2-3-7-18(16)26-21(28)17-12-24-20(25-13-17)19-8-4-5-9-23-19/h2-13H,14H2,1H3,(H,26,28). The molecular weight excluding hydrogens is 352 g/mol. The summed E-state index contributed by atoms with van der Waals surface area (Å²) in [7, 11) is 0. The van der Waals surface area contributed by atoms with Crippen LogP contribution in [0.3, 0.4) is 0 Å². The minimum absolute atomic E-state index is 0.262. The summed E-state index contributed by atoms with van der Waals surface area (Å²) in [6.45, 7) is 2.57. The molecule has 28 heavy (non-hydrogen) atoms. The number of nitrogens with one attached hydrogen (secondary N) is 1. The fraction of sp³-hybridized carbons (Fsp3) is 0.0952. The quantitative estimate of drug-likeness (QED) is 0.582. The number of hydrogen-bond acceptors (Lipinski definition) is 5. The van der Waals surface area contributed by atoms with Gasteiger partial charge in [0.25, 0.3) is 5.91 Å². The van der Waals surface area contributed by atoms with Gasteiger partial charge in [0.05, 0.1) is 12.1 Å². The number of pyridine rings is 1. The average Bonchev–Trinajstić information content (AvgIpc) is 3.14. The molecule has 7 nitrogen and oxygen atoms in total. The molecule has 1 amide bonds. The second-order valence-corrected chi connectivity index (χ2v) is 6.22. The third-order valence-electron chi connectivity index (χ3n) is 4.34. The Kier molecular flexibility index (Phi) is 4.88. The molecule has 0 aliphatic heterocycles. The number of carbonyl (C=O) groups is 1. The van der Waals surface area contributed by atoms with E-state index >= 15 is 0 Å². The summed E-state index contributed by atoms with van der Waals surface area (Å²) in [5, 5.41) is 2.95. The van der Waals surface area contributed by atoms with E-state index in [0.29, 0.717) is 23.6 Å². The molecule has 3 heterocycles. The van der Waals surface area contributed by atoms with Crippen LogP contribution in [0.25, 0.3) is 11.5 Å². The lowest BCUT2D eigenvalue weighted by Gasteiger charge is -2.12. The van der Waals surface area contributed by atoms with Crippen molar-refractivity contribution < 1.29 is 4.79 Å². The number of para-hydroxylation sites is 1. The fourth-order valence-electron chi connectivity index (χ4n) is 2.80. The maximum atomic E-state index is 12.7. The fourth-order valence-corrected chi connectivity index (χ4v) is 2.80. The summed E-state index contributed by atoms with van der Waals surface area (Å²) < 4.78 is 2.02. The van der Waals surface area contributed by atoms with E-state index in [1.807, 2.05) is 60.2 Å². The molecule has 0 atom stereocenters. The topological polar surface area (TPSA) is 85.6 Å². The van der Waals surface area contributed by atoms with Gasteiger partial charge in [0.15, 0.2) is 5.82 Å². The molecule has 4 rings (SSSR count). The molecule has 0 bridgehead atoms. The summed E-state index contributed by atoms with van der Waals surface area (Å²) in [4.78, 5) is 29.6. The first-order valence-electron chi connectivity index (χ1n) is 8.81. The molecule has 7 heteroatoms. The molecule has 0 spiro atoms. The van der Waals surface area contributed by atoms with Crippen LogP contribution in [0.5, 0.6) is 0 Å². The summed E-state index contributed by atoms with van der Waals surface area (Å²) in [6.07, 6.45) is 8.37. The normalized spacial score (nSPS) is 10.6. The minimum Gasteiger partial charge on any atom is -0.331 e. The van der Waals surface area contributed by atoms with E-state index in [0.717, 1.165) is 17.1 Å². The summed E-state index contributed by atoms with van der Waals surface area (Å²) in [5.41, 5.74) is 2.78. The number of rotatable bonds is 5. The molecule has 3 aromatic heterocycles. The van der Waals surface area contributed by atoms with E-state index < -0.39 is 0 Å². The maximum Gasteiger partial charge on any atom is 0.258 e. The number of imidazole rings is 1. The Bertz CT molecular complexity index is 1090. The predicted molar refractivity (Wildman–Crippen MR) is 106 cm³/mol. The van der Waals surface area contributed by atoms with Crippen molar-refractivity contribution in [3.8, 4) is 11.5 Å². The first kappa shape index (κ1) is 17.5. The van der Waals surface area contributed by atoms with Crippen molar-refractivity contribution in [2.45, 2.75) is 13.5 Å². The third kappa shape index (κ3) is 3.78. The lowest BCUT2D eigenvalue weighted by molar-refractivity contribution is 0.102. The molecule has 0 radical (unpaired) electrons. The number of anilines is 1. The lowest BCUT2D eigenvalue weighted by Crippen LogP contribution is -2.15. The smallest absolute Gasteiger partial charge is 0.258 e. The van der Waals surface area contributed by atoms with Crippen LogP contribution >= 0.6 is 0 Å². The Hall–Kier alpha value is -3.87. The highest BCUT2D eigenvalue weighted by Crippen LogP contribution is 2.18. The van der Waals surface area contributed by atoms with Gasteiger partial charge in [-0.3, -0.25) is 9.78 Å². The first-order chi connectivity index (χ1) is 13.7. The van der Waals surface area contributed by atoms with Crippen molar-refractivity contribution in [2.24, 2.45) is 0 Å². The van der Waals surface area contributed by atoms with E-state index in [2.05, 4.69) is 25.3 Å². The summed E-state index contributed by atoms with van der Waals surface area (Å²) in [5.74, 6) is 1.13. The van der Waals surface area contributed by atoms with Gasteiger partial charge in [0, 0.05) is 36.7 Å². The number of carbonyl (C=O) groups excluding carboxylic acids is 1. The zero-order valence-electron chi connectivity index (χ0n) is 15.3. The number of amides is 1. The highest BCUT2D eigenvalue weighted by atomic mass is 16.1. The number of benzene rings is 1. The second-order valence-electron chi connectivity index (χ2n) is 6.22. The number of aromatic nitrogens is 5. The molecule has 1 N–H and O–H groups in total. The number of aryl methyl sites for hydroxylation is 1. The molecule has 0 unspecified atom stereocenters. The number of hydrogen-bond donors (Lipinski definition) is 1. The minimum atomic E-state index is -0.262. The Morgan fingerprint density at radius 3 is 2.46 bits per heavy atom. The van der Waals surface area contributed by atoms with Gasteiger partial charge in [0.2, 0.25) is 0 Å². The summed E-state index contributed by atoms with van der Waals surface area (Å²) in [6, 6.07) is 13.2. The molecule has 4 aromatic rings. The maximum absolute atomic E-state index is 12.7. The van der Waals surface area contributed by atoms with Crippen molar-refractivity contribution in [1.29, 1.82) is 0 Å². The van der Waals surface area contributed by atoms with Gasteiger partial charge in [0.1, 0.15) is 11.5 Å². The zero-order chi connectivity index (χ0) is 19.3. The molecule has 0 saturated heterocycles. The Balaban J connectivity index is 1.52. The van der Waals surface area contributed by atoms with Crippen LogP contribution in [0.15, 0.2) is 73.4 Å². The van der Waals surface area contributed by atoms with E-state index in [1.165, 1.54) is 12.4 Å². The van der Waals surface area contributed by atoms with Crippen LogP contribution in [0.4, 0.5) is 5.69 Å². The third-order valence-corrected chi connectivity index (χ3v) is 4.34. The van der Waals surface area contributed by atoms with E-state index in [4.69, 9.17) is 0 Å². The van der Waals surface area contributed by atoms with Gasteiger partial charge in [-0.05, 0) is 30.7 Å². The highest BCUT2D eigenvalue weighted by molar-refractivity contribution is 6.04. The van der Waals surface area contributed by atoms with Gasteiger partial charge >= 0.3 is 0 Å². The molecule has 138 valence electrons. The van der Waals surface area contributed by atoms with Crippen LogP contribution < -0.4 is 5.32 Å². The van der Waals surface area contributed by atoms with Gasteiger partial charge in [-0.15, -0.1) is 0 Å². The van der Waals surface area contributed by atoms with Crippen LogP contribution in [0, 0.1) is 6.92 Å². The molecule has 0 aliphatic carbocycles. The lowest BCUT2D eigenvalue weighted by atomic mass is 10.1. The van der Waals surface area contributed by atoms with Crippen molar-refractivity contribution in [2.75, 3.05) is 5.32 Å². The van der Waals surface area contributed by atoms with Crippen molar-refractivity contribution >= 4 is 11.6 Å². The average molecular weight is 370 g/mol. The molecule has 0 fully saturated rings. The van der Waals surface area contributed by atoms with Gasteiger partial charge < -0.3 is 9.88 Å². The van der Waals surface area contributed by atoms with Crippen LogP contribution in [-0.2, 0) is 6.54 Å². The largest absolute Gasteiger partial charge is 0.331 e. The summed E-state index contributed by atoms with van der Waals surface area (Å²) >= 11 is 0. The Morgan fingerprint density at radius 1 is 0.964 bits per heavy atom. The van der Waals surface area contributed by atoms with Gasteiger partial charge in [-0.25, -0.2) is 15.0 Å². The van der Waals surface area contributed by atoms with E-state index in [1.54, 1.807) is 12.4 Å². The van der Waals surface area contributed by atoms with E-state index in [9.17, 15) is 4.79 Å². The predicted octanol–water partition coefficient (Wildman–Crippen LogP) is 3.34. The number of nitrogens with zero attached hydrogens (tertiary/aromatic N) is 5. The van der Waals surface area contributed by atoms with Crippen LogP contribution in [0.2, 0.25) is 0 Å². The monoisotopic (exact) mass is 370 g/mol. The molecule has 0 saturated carbocycles. The first-order valence-corrected chi connectivity index (χ1v) is 8.81. The van der Waals surface area contributed by atoms with Crippen LogP contribution in [0.1, 0.15) is 21.7 Å². The SMILES string of the molecule is Cc1nccn1Cc1ccccc1NC(=O)c1cnc(-c2ccccn2)nc1. The van der Waals surface area contributed by atoms with Crippen LogP contribution in [-0.4, -0.2) is 30.4 Å². The second kappa shape index (κ2) is 7.79. The molecule has 0 aliphatic rings. The van der Waals surface area contributed by atoms with Gasteiger partial charge in [-0.1, -0.05) is 24.3 Å². The molecular formula is C21H18N6O. The Morgan fingerprint density at radius 2 is 1.75 bits per heavy atom.